The van der Waals surface area contributed by atoms with Crippen molar-refractivity contribution in [3.05, 3.63) is 0 Å². The van der Waals surface area contributed by atoms with Gasteiger partial charge in [-0.05, 0) is 25.7 Å². The Hall–Kier alpha value is -0.200. The molecule has 0 spiro atoms. The van der Waals surface area contributed by atoms with Crippen LogP contribution in [-0.4, -0.2) is 65.1 Å². The van der Waals surface area contributed by atoms with Gasteiger partial charge in [0, 0.05) is 39.6 Å². The third-order valence-corrected chi connectivity index (χ3v) is 3.13. The SMILES string of the molecule is C(COCCCOCCC1CO1)COCCC1CO1. The molecule has 0 N–H and O–H groups in total. The van der Waals surface area contributed by atoms with Crippen LogP contribution in [0.1, 0.15) is 25.7 Å². The number of epoxide rings is 2. The first-order valence-electron chi connectivity index (χ1n) is 7.41. The quantitative estimate of drug-likeness (QED) is 0.354. The van der Waals surface area contributed by atoms with Crippen LogP contribution in [0.2, 0.25) is 0 Å². The van der Waals surface area contributed by atoms with E-state index in [1.807, 2.05) is 0 Å². The fourth-order valence-electron chi connectivity index (χ4n) is 1.73. The standard InChI is InChI=1S/C14H26O5/c1(7-16-9-3-13-11-18-13)5-15-6-2-8-17-10-4-14-12-19-14/h13-14H,1-12H2. The van der Waals surface area contributed by atoms with Crippen molar-refractivity contribution in [2.75, 3.05) is 52.9 Å². The zero-order chi connectivity index (χ0) is 13.2. The summed E-state index contributed by atoms with van der Waals surface area (Å²) in [6.45, 7) is 6.57. The molecule has 0 amide bonds. The van der Waals surface area contributed by atoms with Crippen molar-refractivity contribution in [2.45, 2.75) is 37.9 Å². The molecule has 0 bridgehead atoms. The molecule has 2 saturated heterocycles. The van der Waals surface area contributed by atoms with E-state index in [2.05, 4.69) is 0 Å². The van der Waals surface area contributed by atoms with Gasteiger partial charge in [0.15, 0.2) is 0 Å². The first kappa shape index (κ1) is 15.2. The summed E-state index contributed by atoms with van der Waals surface area (Å²) in [4.78, 5) is 0. The van der Waals surface area contributed by atoms with Gasteiger partial charge in [-0.3, -0.25) is 0 Å². The highest BCUT2D eigenvalue weighted by Crippen LogP contribution is 2.13. The average Bonchev–Trinajstić information content (AvgIpc) is 3.28. The molecule has 0 saturated carbocycles. The molecular formula is C14H26O5. The third kappa shape index (κ3) is 9.35. The Morgan fingerprint density at radius 1 is 0.632 bits per heavy atom. The molecule has 2 rings (SSSR count). The van der Waals surface area contributed by atoms with E-state index in [0.29, 0.717) is 12.2 Å². The van der Waals surface area contributed by atoms with Crippen LogP contribution in [0.3, 0.4) is 0 Å². The number of hydrogen-bond donors (Lipinski definition) is 0. The molecule has 2 atom stereocenters. The summed E-state index contributed by atoms with van der Waals surface area (Å²) >= 11 is 0. The molecule has 112 valence electrons. The minimum absolute atomic E-state index is 0.475. The summed E-state index contributed by atoms with van der Waals surface area (Å²) in [5.41, 5.74) is 0. The maximum absolute atomic E-state index is 5.50. The van der Waals surface area contributed by atoms with E-state index in [1.54, 1.807) is 0 Å². The van der Waals surface area contributed by atoms with Gasteiger partial charge in [0.1, 0.15) is 0 Å². The number of ether oxygens (including phenoxy) is 5. The molecule has 5 nitrogen and oxygen atoms in total. The minimum atomic E-state index is 0.475. The van der Waals surface area contributed by atoms with E-state index >= 15 is 0 Å². The smallest absolute Gasteiger partial charge is 0.0831 e. The van der Waals surface area contributed by atoms with E-state index in [9.17, 15) is 0 Å². The Morgan fingerprint density at radius 2 is 1.00 bits per heavy atom. The van der Waals surface area contributed by atoms with Crippen molar-refractivity contribution >= 4 is 0 Å². The lowest BCUT2D eigenvalue weighted by Gasteiger charge is -2.06. The van der Waals surface area contributed by atoms with E-state index in [1.165, 1.54) is 0 Å². The minimum Gasteiger partial charge on any atom is -0.381 e. The summed E-state index contributed by atoms with van der Waals surface area (Å²) in [5.74, 6) is 0. The highest BCUT2D eigenvalue weighted by atomic mass is 16.6. The van der Waals surface area contributed by atoms with Gasteiger partial charge in [-0.1, -0.05) is 0 Å². The third-order valence-electron chi connectivity index (χ3n) is 3.13. The number of hydrogen-bond acceptors (Lipinski definition) is 5. The summed E-state index contributed by atoms with van der Waals surface area (Å²) in [6.07, 6.45) is 4.94. The van der Waals surface area contributed by atoms with E-state index in [-0.39, 0.29) is 0 Å². The Balaban J connectivity index is 1.18. The molecule has 0 aromatic carbocycles. The molecule has 0 radical (unpaired) electrons. The van der Waals surface area contributed by atoms with Gasteiger partial charge >= 0.3 is 0 Å². The summed E-state index contributed by atoms with van der Waals surface area (Å²) in [5, 5.41) is 0. The normalized spacial score (nSPS) is 24.6. The maximum Gasteiger partial charge on any atom is 0.0831 e. The lowest BCUT2D eigenvalue weighted by molar-refractivity contribution is 0.0606. The van der Waals surface area contributed by atoms with Crippen molar-refractivity contribution in [1.82, 2.24) is 0 Å². The largest absolute Gasteiger partial charge is 0.381 e. The predicted molar refractivity (Wildman–Crippen MR) is 70.4 cm³/mol. The summed E-state index contributed by atoms with van der Waals surface area (Å²) in [6, 6.07) is 0. The molecule has 2 aliphatic rings. The van der Waals surface area contributed by atoms with Gasteiger partial charge < -0.3 is 23.7 Å². The van der Waals surface area contributed by atoms with Crippen LogP contribution in [0.5, 0.6) is 0 Å². The lowest BCUT2D eigenvalue weighted by Crippen LogP contribution is -2.06. The van der Waals surface area contributed by atoms with Crippen molar-refractivity contribution in [1.29, 1.82) is 0 Å². The van der Waals surface area contributed by atoms with Crippen LogP contribution in [0.15, 0.2) is 0 Å². The first-order valence-corrected chi connectivity index (χ1v) is 7.41. The van der Waals surface area contributed by atoms with Crippen LogP contribution in [-0.2, 0) is 23.7 Å². The molecule has 2 aliphatic heterocycles. The van der Waals surface area contributed by atoms with Crippen LogP contribution >= 0.6 is 0 Å². The van der Waals surface area contributed by atoms with Crippen LogP contribution < -0.4 is 0 Å². The molecule has 0 aromatic rings. The van der Waals surface area contributed by atoms with Crippen LogP contribution in [0.4, 0.5) is 0 Å². The average molecular weight is 274 g/mol. The van der Waals surface area contributed by atoms with Gasteiger partial charge in [-0.25, -0.2) is 0 Å². The molecule has 2 fully saturated rings. The Labute approximate surface area is 115 Å². The molecule has 19 heavy (non-hydrogen) atoms. The highest BCUT2D eigenvalue weighted by Gasteiger charge is 2.21. The monoisotopic (exact) mass is 274 g/mol. The second-order valence-corrected chi connectivity index (χ2v) is 5.03. The molecular weight excluding hydrogens is 248 g/mol. The van der Waals surface area contributed by atoms with Gasteiger partial charge in [0.05, 0.1) is 25.4 Å². The fourth-order valence-corrected chi connectivity index (χ4v) is 1.73. The van der Waals surface area contributed by atoms with Crippen LogP contribution in [0, 0.1) is 0 Å². The van der Waals surface area contributed by atoms with E-state index in [4.69, 9.17) is 23.7 Å². The van der Waals surface area contributed by atoms with Crippen molar-refractivity contribution < 1.29 is 23.7 Å². The zero-order valence-corrected chi connectivity index (χ0v) is 11.7. The van der Waals surface area contributed by atoms with Gasteiger partial charge in [0.25, 0.3) is 0 Å². The molecule has 2 heterocycles. The lowest BCUT2D eigenvalue weighted by atomic mass is 10.3. The van der Waals surface area contributed by atoms with Crippen LogP contribution in [0.25, 0.3) is 0 Å². The highest BCUT2D eigenvalue weighted by molar-refractivity contribution is 4.68. The Kier molecular flexibility index (Phi) is 7.73. The van der Waals surface area contributed by atoms with Crippen molar-refractivity contribution in [3.63, 3.8) is 0 Å². The Morgan fingerprint density at radius 3 is 1.37 bits per heavy atom. The summed E-state index contributed by atoms with van der Waals surface area (Å²) in [7, 11) is 0. The van der Waals surface area contributed by atoms with E-state index < -0.39 is 0 Å². The molecule has 0 aromatic heterocycles. The Bertz CT molecular complexity index is 194. The molecule has 5 heteroatoms. The summed E-state index contributed by atoms with van der Waals surface area (Å²) < 4.78 is 26.7. The van der Waals surface area contributed by atoms with Gasteiger partial charge in [-0.2, -0.15) is 0 Å². The second kappa shape index (κ2) is 9.66. The molecule has 0 aliphatic carbocycles. The van der Waals surface area contributed by atoms with Crippen molar-refractivity contribution in [3.8, 4) is 0 Å². The fraction of sp³-hybridized carbons (Fsp3) is 1.00. The maximum atomic E-state index is 5.50. The number of rotatable bonds is 14. The zero-order valence-electron chi connectivity index (χ0n) is 11.7. The van der Waals surface area contributed by atoms with E-state index in [0.717, 1.165) is 78.5 Å². The van der Waals surface area contributed by atoms with Gasteiger partial charge in [0.2, 0.25) is 0 Å². The second-order valence-electron chi connectivity index (χ2n) is 5.03. The predicted octanol–water partition coefficient (Wildman–Crippen LogP) is 1.39. The first-order chi connectivity index (χ1) is 9.45. The van der Waals surface area contributed by atoms with Crippen molar-refractivity contribution in [2.24, 2.45) is 0 Å². The topological polar surface area (TPSA) is 52.8 Å². The molecule has 2 unspecified atom stereocenters. The van der Waals surface area contributed by atoms with Gasteiger partial charge in [-0.15, -0.1) is 0 Å².